The van der Waals surface area contributed by atoms with Crippen molar-refractivity contribution in [2.45, 2.75) is 45.3 Å². The van der Waals surface area contributed by atoms with Crippen LogP contribution >= 0.6 is 0 Å². The number of fused-ring (bicyclic) bond motifs is 1. The third kappa shape index (κ3) is 6.54. The zero-order valence-corrected chi connectivity index (χ0v) is 17.8. The number of hydrogen-bond donors (Lipinski definition) is 6. The molecule has 0 bridgehead atoms. The van der Waals surface area contributed by atoms with Gasteiger partial charge in [0.2, 0.25) is 17.7 Å². The number of nitrogens with two attached hydrogens (primary N) is 1. The second-order valence-electron chi connectivity index (χ2n) is 7.74. The molecule has 0 saturated carbocycles. The van der Waals surface area contributed by atoms with Crippen LogP contribution in [0.3, 0.4) is 0 Å². The van der Waals surface area contributed by atoms with E-state index in [1.165, 1.54) is 6.92 Å². The highest BCUT2D eigenvalue weighted by Crippen LogP contribution is 2.19. The molecule has 7 N–H and O–H groups in total. The van der Waals surface area contributed by atoms with Crippen molar-refractivity contribution in [3.05, 3.63) is 36.0 Å². The van der Waals surface area contributed by atoms with E-state index in [0.717, 1.165) is 16.5 Å². The molecule has 0 aliphatic rings. The summed E-state index contributed by atoms with van der Waals surface area (Å²) in [7, 11) is 0. The molecule has 3 atom stereocenters. The molecule has 0 aliphatic carbocycles. The molecule has 0 fully saturated rings. The van der Waals surface area contributed by atoms with Crippen molar-refractivity contribution in [1.82, 2.24) is 20.9 Å². The van der Waals surface area contributed by atoms with E-state index in [2.05, 4.69) is 20.9 Å². The van der Waals surface area contributed by atoms with Crippen LogP contribution in [0.25, 0.3) is 10.9 Å². The van der Waals surface area contributed by atoms with Gasteiger partial charge in [0.15, 0.2) is 0 Å². The first-order valence-electron chi connectivity index (χ1n) is 10.0. The van der Waals surface area contributed by atoms with Gasteiger partial charge in [0, 0.05) is 23.5 Å². The minimum absolute atomic E-state index is 0.105. The summed E-state index contributed by atoms with van der Waals surface area (Å²) in [6, 6.07) is 4.74. The van der Waals surface area contributed by atoms with Crippen molar-refractivity contribution in [3.63, 3.8) is 0 Å². The first-order valence-corrected chi connectivity index (χ1v) is 10.0. The lowest BCUT2D eigenvalue weighted by Crippen LogP contribution is -2.56. The summed E-state index contributed by atoms with van der Waals surface area (Å²) in [4.78, 5) is 51.3. The number of rotatable bonds is 10. The Kier molecular flexibility index (Phi) is 8.14. The topological polar surface area (TPSA) is 166 Å². The molecule has 10 heteroatoms. The summed E-state index contributed by atoms with van der Waals surface area (Å²) < 4.78 is 0. The van der Waals surface area contributed by atoms with Gasteiger partial charge in [0.25, 0.3) is 0 Å². The van der Waals surface area contributed by atoms with Crippen LogP contribution in [-0.4, -0.2) is 58.5 Å². The second-order valence-corrected chi connectivity index (χ2v) is 7.74. The first kappa shape index (κ1) is 23.9. The lowest BCUT2D eigenvalue weighted by atomic mass is 10.0. The number of aliphatic carboxylic acids is 1. The summed E-state index contributed by atoms with van der Waals surface area (Å²) in [5, 5.41) is 17.2. The van der Waals surface area contributed by atoms with Crippen LogP contribution < -0.4 is 21.7 Å². The third-order valence-electron chi connectivity index (χ3n) is 4.92. The molecule has 0 aliphatic heterocycles. The monoisotopic (exact) mass is 431 g/mol. The van der Waals surface area contributed by atoms with Crippen molar-refractivity contribution < 1.29 is 24.3 Å². The molecular weight excluding hydrogens is 402 g/mol. The number of para-hydroxylation sites is 1. The largest absolute Gasteiger partial charge is 0.480 e. The predicted octanol–water partition coefficient (Wildman–Crippen LogP) is -0.116. The maximum atomic E-state index is 12.6. The molecule has 3 amide bonds. The summed E-state index contributed by atoms with van der Waals surface area (Å²) >= 11 is 0. The van der Waals surface area contributed by atoms with E-state index in [9.17, 15) is 19.2 Å². The zero-order chi connectivity index (χ0) is 23.1. The van der Waals surface area contributed by atoms with Gasteiger partial charge in [0.05, 0.1) is 6.04 Å². The molecule has 2 aromatic rings. The van der Waals surface area contributed by atoms with Gasteiger partial charge in [-0.25, -0.2) is 0 Å². The number of aromatic amines is 1. The Labute approximate surface area is 179 Å². The van der Waals surface area contributed by atoms with Crippen molar-refractivity contribution in [1.29, 1.82) is 0 Å². The number of carbonyl (C=O) groups excluding carboxylic acids is 3. The fraction of sp³-hybridized carbons (Fsp3) is 0.429. The standard InChI is InChI=1S/C21H29N5O5/c1-11(2)18(22)21(31)25-12(3)19(29)26-16(20(30)24-10-17(27)28)8-13-9-23-15-7-5-4-6-14(13)15/h4-7,9,11-12,16,18,23H,8,10,22H2,1-3H3,(H,24,30)(H,25,31)(H,26,29)(H,27,28). The molecule has 3 unspecified atom stereocenters. The Balaban J connectivity index is 2.14. The number of aromatic nitrogens is 1. The van der Waals surface area contributed by atoms with E-state index in [4.69, 9.17) is 10.8 Å². The van der Waals surface area contributed by atoms with Crippen LogP contribution in [0.2, 0.25) is 0 Å². The number of nitrogens with one attached hydrogen (secondary N) is 4. The minimum Gasteiger partial charge on any atom is -0.480 e. The summed E-state index contributed by atoms with van der Waals surface area (Å²) in [6.07, 6.45) is 1.87. The molecule has 0 radical (unpaired) electrons. The second kappa shape index (κ2) is 10.6. The van der Waals surface area contributed by atoms with Gasteiger partial charge >= 0.3 is 5.97 Å². The van der Waals surface area contributed by atoms with E-state index in [1.807, 2.05) is 24.3 Å². The SMILES string of the molecule is CC(NC(=O)C(N)C(C)C)C(=O)NC(Cc1c[nH]c2ccccc12)C(=O)NCC(=O)O. The van der Waals surface area contributed by atoms with Gasteiger partial charge < -0.3 is 31.8 Å². The Morgan fingerprint density at radius 1 is 1.03 bits per heavy atom. The highest BCUT2D eigenvalue weighted by molar-refractivity contribution is 5.94. The highest BCUT2D eigenvalue weighted by Gasteiger charge is 2.27. The first-order chi connectivity index (χ1) is 14.6. The smallest absolute Gasteiger partial charge is 0.322 e. The van der Waals surface area contributed by atoms with Crippen LogP contribution in [0.4, 0.5) is 0 Å². The van der Waals surface area contributed by atoms with Crippen molar-refractivity contribution in [2.24, 2.45) is 11.7 Å². The summed E-state index contributed by atoms with van der Waals surface area (Å²) in [5.74, 6) is -3.00. The molecule has 0 saturated heterocycles. The van der Waals surface area contributed by atoms with E-state index >= 15 is 0 Å². The van der Waals surface area contributed by atoms with Gasteiger partial charge in [-0.2, -0.15) is 0 Å². The van der Waals surface area contributed by atoms with Crippen LogP contribution in [0.5, 0.6) is 0 Å². The molecular formula is C21H29N5O5. The Bertz CT molecular complexity index is 955. The number of carboxylic acid groups (broad SMARTS) is 1. The molecule has 0 spiro atoms. The molecule has 1 aromatic heterocycles. The zero-order valence-electron chi connectivity index (χ0n) is 17.8. The number of H-pyrrole nitrogens is 1. The van der Waals surface area contributed by atoms with E-state index in [0.29, 0.717) is 0 Å². The van der Waals surface area contributed by atoms with Crippen molar-refractivity contribution in [2.75, 3.05) is 6.54 Å². The minimum atomic E-state index is -1.20. The fourth-order valence-electron chi connectivity index (χ4n) is 2.99. The molecule has 2 rings (SSSR count). The average Bonchev–Trinajstić information content (AvgIpc) is 3.13. The molecule has 168 valence electrons. The number of hydrogen-bond acceptors (Lipinski definition) is 5. The number of carboxylic acids is 1. The lowest BCUT2D eigenvalue weighted by molar-refractivity contribution is -0.138. The van der Waals surface area contributed by atoms with E-state index < -0.39 is 48.4 Å². The fourth-order valence-corrected chi connectivity index (χ4v) is 2.99. The lowest BCUT2D eigenvalue weighted by Gasteiger charge is -2.22. The Morgan fingerprint density at radius 3 is 2.35 bits per heavy atom. The van der Waals surface area contributed by atoms with Gasteiger partial charge in [0.1, 0.15) is 18.6 Å². The number of carbonyl (C=O) groups is 4. The molecule has 1 aromatic carbocycles. The molecule has 31 heavy (non-hydrogen) atoms. The maximum Gasteiger partial charge on any atom is 0.322 e. The normalized spacial score (nSPS) is 14.0. The van der Waals surface area contributed by atoms with Crippen LogP contribution in [0.15, 0.2) is 30.5 Å². The van der Waals surface area contributed by atoms with Crippen LogP contribution in [0, 0.1) is 5.92 Å². The predicted molar refractivity (Wildman–Crippen MR) is 115 cm³/mol. The van der Waals surface area contributed by atoms with Crippen molar-refractivity contribution >= 4 is 34.6 Å². The number of amides is 3. The van der Waals surface area contributed by atoms with Gasteiger partial charge in [-0.15, -0.1) is 0 Å². The van der Waals surface area contributed by atoms with Crippen LogP contribution in [-0.2, 0) is 25.6 Å². The Hall–Kier alpha value is -3.40. The highest BCUT2D eigenvalue weighted by atomic mass is 16.4. The van der Waals surface area contributed by atoms with E-state index in [1.54, 1.807) is 20.0 Å². The van der Waals surface area contributed by atoms with Gasteiger partial charge in [-0.05, 0) is 24.5 Å². The van der Waals surface area contributed by atoms with Gasteiger partial charge in [-0.3, -0.25) is 19.2 Å². The average molecular weight is 431 g/mol. The van der Waals surface area contributed by atoms with Crippen LogP contribution in [0.1, 0.15) is 26.3 Å². The molecule has 1 heterocycles. The summed E-state index contributed by atoms with van der Waals surface area (Å²) in [6.45, 7) is 4.49. The van der Waals surface area contributed by atoms with Crippen molar-refractivity contribution in [3.8, 4) is 0 Å². The number of benzene rings is 1. The maximum absolute atomic E-state index is 12.6. The van der Waals surface area contributed by atoms with Gasteiger partial charge in [-0.1, -0.05) is 32.0 Å². The van der Waals surface area contributed by atoms with E-state index in [-0.39, 0.29) is 12.3 Å². The Morgan fingerprint density at radius 2 is 1.71 bits per heavy atom. The quantitative estimate of drug-likeness (QED) is 0.307. The summed E-state index contributed by atoms with van der Waals surface area (Å²) in [5.41, 5.74) is 7.46. The third-order valence-corrected chi connectivity index (χ3v) is 4.92. The molecule has 10 nitrogen and oxygen atoms in total.